The van der Waals surface area contributed by atoms with Crippen molar-refractivity contribution in [2.45, 2.75) is 65.0 Å². The maximum Gasteiger partial charge on any atom is 0.00790 e. The lowest BCUT2D eigenvalue weighted by Crippen LogP contribution is -2.48. The Labute approximate surface area is 126 Å². The van der Waals surface area contributed by atoms with Crippen LogP contribution in [0.15, 0.2) is 0 Å². The lowest BCUT2D eigenvalue weighted by molar-refractivity contribution is 0.0780. The Morgan fingerprint density at radius 1 is 1.10 bits per heavy atom. The Hall–Kier alpha value is -0.120. The molecule has 3 heteroatoms. The van der Waals surface area contributed by atoms with Gasteiger partial charge in [-0.15, -0.1) is 0 Å². The summed E-state index contributed by atoms with van der Waals surface area (Å²) in [4.78, 5) is 5.24. The van der Waals surface area contributed by atoms with Gasteiger partial charge in [0.2, 0.25) is 0 Å². The minimum absolute atomic E-state index is 0.546. The molecule has 2 rings (SSSR count). The first kappa shape index (κ1) is 16.3. The molecule has 0 saturated carbocycles. The van der Waals surface area contributed by atoms with Gasteiger partial charge in [-0.05, 0) is 77.7 Å². The van der Waals surface area contributed by atoms with Crippen LogP contribution in [0, 0.1) is 5.41 Å². The lowest BCUT2D eigenvalue weighted by Gasteiger charge is -2.42. The lowest BCUT2D eigenvalue weighted by atomic mass is 9.80. The number of hydrogen-bond donors (Lipinski definition) is 1. The normalized spacial score (nSPS) is 33.6. The molecule has 3 nitrogen and oxygen atoms in total. The fourth-order valence-corrected chi connectivity index (χ4v) is 3.73. The van der Waals surface area contributed by atoms with E-state index in [1.54, 1.807) is 0 Å². The molecular weight excluding hydrogens is 246 g/mol. The molecule has 2 heterocycles. The first-order valence-corrected chi connectivity index (χ1v) is 8.68. The molecule has 2 saturated heterocycles. The summed E-state index contributed by atoms with van der Waals surface area (Å²) in [7, 11) is 2.26. The van der Waals surface area contributed by atoms with Gasteiger partial charge in [-0.1, -0.05) is 13.8 Å². The molecule has 2 aliphatic rings. The van der Waals surface area contributed by atoms with Crippen LogP contribution in [-0.2, 0) is 0 Å². The van der Waals surface area contributed by atoms with Gasteiger partial charge in [0.25, 0.3) is 0 Å². The molecule has 0 aromatic rings. The van der Waals surface area contributed by atoms with Crippen molar-refractivity contribution in [1.82, 2.24) is 15.1 Å². The van der Waals surface area contributed by atoms with Crippen molar-refractivity contribution in [1.29, 1.82) is 0 Å². The molecule has 0 radical (unpaired) electrons. The van der Waals surface area contributed by atoms with Crippen LogP contribution in [0.2, 0.25) is 0 Å². The first-order valence-electron chi connectivity index (χ1n) is 8.68. The summed E-state index contributed by atoms with van der Waals surface area (Å²) >= 11 is 0. The van der Waals surface area contributed by atoms with Crippen LogP contribution in [0.1, 0.15) is 52.9 Å². The van der Waals surface area contributed by atoms with Crippen LogP contribution in [-0.4, -0.2) is 61.7 Å². The quantitative estimate of drug-likeness (QED) is 0.858. The molecule has 20 heavy (non-hydrogen) atoms. The molecule has 2 fully saturated rings. The summed E-state index contributed by atoms with van der Waals surface area (Å²) in [6.07, 6.45) is 6.61. The van der Waals surface area contributed by atoms with Crippen LogP contribution in [0.3, 0.4) is 0 Å². The number of likely N-dealkylation sites (tertiary alicyclic amines) is 1. The highest BCUT2D eigenvalue weighted by molar-refractivity contribution is 4.86. The van der Waals surface area contributed by atoms with Crippen LogP contribution < -0.4 is 5.32 Å². The Kier molecular flexibility index (Phi) is 5.88. The number of nitrogens with zero attached hydrogens (tertiary/aromatic N) is 2. The van der Waals surface area contributed by atoms with Gasteiger partial charge in [-0.25, -0.2) is 0 Å². The Morgan fingerprint density at radius 3 is 2.40 bits per heavy atom. The fourth-order valence-electron chi connectivity index (χ4n) is 3.73. The number of piperidine rings is 1. The molecule has 0 bridgehead atoms. The molecule has 2 aliphatic heterocycles. The van der Waals surface area contributed by atoms with Gasteiger partial charge in [0.1, 0.15) is 0 Å². The molecule has 0 aliphatic carbocycles. The third kappa shape index (κ3) is 4.71. The summed E-state index contributed by atoms with van der Waals surface area (Å²) in [5.41, 5.74) is 0.546. The van der Waals surface area contributed by atoms with Crippen LogP contribution in [0.4, 0.5) is 0 Å². The van der Waals surface area contributed by atoms with Crippen molar-refractivity contribution in [3.8, 4) is 0 Å². The second-order valence-corrected chi connectivity index (χ2v) is 7.64. The monoisotopic (exact) mass is 281 g/mol. The molecule has 0 spiro atoms. The first-order chi connectivity index (χ1) is 9.50. The summed E-state index contributed by atoms with van der Waals surface area (Å²) in [5, 5.41) is 3.77. The van der Waals surface area contributed by atoms with E-state index in [1.165, 1.54) is 64.8 Å². The third-order valence-electron chi connectivity index (χ3n) is 5.48. The molecule has 118 valence electrons. The molecule has 0 aromatic heterocycles. The van der Waals surface area contributed by atoms with Crippen LogP contribution in [0.5, 0.6) is 0 Å². The van der Waals surface area contributed by atoms with Gasteiger partial charge in [0.05, 0.1) is 0 Å². The minimum Gasteiger partial charge on any atom is -0.311 e. The van der Waals surface area contributed by atoms with Gasteiger partial charge in [-0.3, -0.25) is 0 Å². The zero-order valence-electron chi connectivity index (χ0n) is 14.1. The Balaban J connectivity index is 1.87. The molecule has 0 aromatic carbocycles. The predicted molar refractivity (Wildman–Crippen MR) is 87.2 cm³/mol. The smallest absolute Gasteiger partial charge is 0.00790 e. The zero-order valence-corrected chi connectivity index (χ0v) is 14.1. The molecular formula is C17H35N3. The highest BCUT2D eigenvalue weighted by Gasteiger charge is 2.31. The third-order valence-corrected chi connectivity index (χ3v) is 5.48. The summed E-state index contributed by atoms with van der Waals surface area (Å²) in [6.45, 7) is 13.6. The highest BCUT2D eigenvalue weighted by atomic mass is 15.2. The van der Waals surface area contributed by atoms with E-state index in [2.05, 4.69) is 42.9 Å². The largest absolute Gasteiger partial charge is 0.311 e. The number of nitrogens with one attached hydrogen (secondary N) is 1. The topological polar surface area (TPSA) is 18.5 Å². The summed E-state index contributed by atoms with van der Waals surface area (Å²) < 4.78 is 0. The van der Waals surface area contributed by atoms with Crippen molar-refractivity contribution < 1.29 is 0 Å². The SMILES string of the molecule is CCC1CCN(CC2(C)CCN(C)CC2)CCC(C)N1. The van der Waals surface area contributed by atoms with E-state index in [0.717, 1.165) is 6.04 Å². The number of rotatable bonds is 3. The van der Waals surface area contributed by atoms with E-state index < -0.39 is 0 Å². The predicted octanol–water partition coefficient (Wildman–Crippen LogP) is 2.57. The number of hydrogen-bond acceptors (Lipinski definition) is 3. The van der Waals surface area contributed by atoms with E-state index in [4.69, 9.17) is 0 Å². The van der Waals surface area contributed by atoms with E-state index >= 15 is 0 Å². The van der Waals surface area contributed by atoms with Gasteiger partial charge < -0.3 is 15.1 Å². The maximum atomic E-state index is 3.77. The Morgan fingerprint density at radius 2 is 1.75 bits per heavy atom. The van der Waals surface area contributed by atoms with Crippen molar-refractivity contribution in [3.63, 3.8) is 0 Å². The fraction of sp³-hybridized carbons (Fsp3) is 1.00. The summed E-state index contributed by atoms with van der Waals surface area (Å²) in [5.74, 6) is 0. The highest BCUT2D eigenvalue weighted by Crippen LogP contribution is 2.31. The zero-order chi connectivity index (χ0) is 14.6. The molecule has 0 amide bonds. The summed E-state index contributed by atoms with van der Waals surface area (Å²) in [6, 6.07) is 1.39. The van der Waals surface area contributed by atoms with Crippen molar-refractivity contribution in [3.05, 3.63) is 0 Å². The van der Waals surface area contributed by atoms with Crippen LogP contribution in [0.25, 0.3) is 0 Å². The van der Waals surface area contributed by atoms with E-state index in [0.29, 0.717) is 11.5 Å². The average Bonchev–Trinajstić information content (AvgIpc) is 2.42. The molecule has 1 N–H and O–H groups in total. The standard InChI is InChI=1S/C17H35N3/c1-5-16-7-11-20(10-6-15(2)18-16)14-17(3)8-12-19(4)13-9-17/h15-16,18H,5-14H2,1-4H3. The van der Waals surface area contributed by atoms with E-state index in [9.17, 15) is 0 Å². The van der Waals surface area contributed by atoms with E-state index in [1.807, 2.05) is 0 Å². The van der Waals surface area contributed by atoms with E-state index in [-0.39, 0.29) is 0 Å². The van der Waals surface area contributed by atoms with Crippen molar-refractivity contribution in [2.24, 2.45) is 5.41 Å². The van der Waals surface area contributed by atoms with Gasteiger partial charge in [0, 0.05) is 18.6 Å². The van der Waals surface area contributed by atoms with Crippen LogP contribution >= 0.6 is 0 Å². The second-order valence-electron chi connectivity index (χ2n) is 7.64. The van der Waals surface area contributed by atoms with Crippen molar-refractivity contribution >= 4 is 0 Å². The van der Waals surface area contributed by atoms with Gasteiger partial charge in [0.15, 0.2) is 0 Å². The van der Waals surface area contributed by atoms with Gasteiger partial charge in [-0.2, -0.15) is 0 Å². The molecule has 2 atom stereocenters. The van der Waals surface area contributed by atoms with Crippen molar-refractivity contribution in [2.75, 3.05) is 39.8 Å². The maximum absolute atomic E-state index is 3.77. The second kappa shape index (κ2) is 7.24. The Bertz CT molecular complexity index is 284. The van der Waals surface area contributed by atoms with Gasteiger partial charge >= 0.3 is 0 Å². The minimum atomic E-state index is 0.546. The molecule has 2 unspecified atom stereocenters. The average molecular weight is 281 g/mol.